The number of rotatable bonds is 2. The molecular formula is C16H22O. The predicted molar refractivity (Wildman–Crippen MR) is 72.9 cm³/mol. The van der Waals surface area contributed by atoms with E-state index in [-0.39, 0.29) is 11.2 Å². The van der Waals surface area contributed by atoms with Gasteiger partial charge in [-0.15, -0.1) is 0 Å². The van der Waals surface area contributed by atoms with Crippen molar-refractivity contribution in [3.8, 4) is 0 Å². The van der Waals surface area contributed by atoms with Gasteiger partial charge in [0.25, 0.3) is 0 Å². The molecule has 0 bridgehead atoms. The van der Waals surface area contributed by atoms with E-state index in [1.807, 2.05) is 0 Å². The van der Waals surface area contributed by atoms with Crippen LogP contribution in [0.4, 0.5) is 0 Å². The molecule has 1 nitrogen and oxygen atoms in total. The standard InChI is InChI=1S/C16H22O/c1-13-5-9-15(3,10-6-13)17-16(4)11-7-14(2)8-12-16/h5-9,11H,10,12H2,1-4H3. The number of ether oxygens (including phenoxy) is 1. The van der Waals surface area contributed by atoms with Gasteiger partial charge in [-0.3, -0.25) is 0 Å². The van der Waals surface area contributed by atoms with Gasteiger partial charge in [0.05, 0.1) is 11.2 Å². The molecule has 2 atom stereocenters. The summed E-state index contributed by atoms with van der Waals surface area (Å²) >= 11 is 0. The van der Waals surface area contributed by atoms with Gasteiger partial charge in [0.2, 0.25) is 0 Å². The molecule has 92 valence electrons. The second kappa shape index (κ2) is 4.30. The molecule has 0 aromatic rings. The van der Waals surface area contributed by atoms with E-state index in [4.69, 9.17) is 4.74 Å². The van der Waals surface area contributed by atoms with E-state index in [0.29, 0.717) is 0 Å². The summed E-state index contributed by atoms with van der Waals surface area (Å²) in [5.74, 6) is 0. The van der Waals surface area contributed by atoms with E-state index in [1.54, 1.807) is 0 Å². The quantitative estimate of drug-likeness (QED) is 0.686. The van der Waals surface area contributed by atoms with Crippen molar-refractivity contribution in [1.82, 2.24) is 0 Å². The Morgan fingerprint density at radius 2 is 1.29 bits per heavy atom. The maximum Gasteiger partial charge on any atom is 0.0883 e. The predicted octanol–water partition coefficient (Wildman–Crippen LogP) is 4.33. The first-order valence-electron chi connectivity index (χ1n) is 6.33. The molecule has 0 aliphatic heterocycles. The van der Waals surface area contributed by atoms with Crippen molar-refractivity contribution in [3.63, 3.8) is 0 Å². The van der Waals surface area contributed by atoms with E-state index < -0.39 is 0 Å². The van der Waals surface area contributed by atoms with Crippen molar-refractivity contribution in [2.75, 3.05) is 0 Å². The minimum Gasteiger partial charge on any atom is -0.360 e. The molecule has 2 aliphatic carbocycles. The summed E-state index contributed by atoms with van der Waals surface area (Å²) in [7, 11) is 0. The lowest BCUT2D eigenvalue weighted by atomic mass is 9.89. The van der Waals surface area contributed by atoms with E-state index in [9.17, 15) is 0 Å². The molecule has 0 aromatic carbocycles. The molecule has 1 heteroatoms. The lowest BCUT2D eigenvalue weighted by Crippen LogP contribution is -2.39. The minimum absolute atomic E-state index is 0.169. The Balaban J connectivity index is 2.07. The SMILES string of the molecule is CC1=CCC(C)(OC2(C)C=CC(C)=CC2)C=C1. The molecule has 0 amide bonds. The van der Waals surface area contributed by atoms with Gasteiger partial charge < -0.3 is 4.74 Å². The van der Waals surface area contributed by atoms with Crippen LogP contribution in [0.1, 0.15) is 40.5 Å². The van der Waals surface area contributed by atoms with Crippen molar-refractivity contribution in [2.45, 2.75) is 51.7 Å². The maximum absolute atomic E-state index is 6.34. The lowest BCUT2D eigenvalue weighted by molar-refractivity contribution is -0.0867. The maximum atomic E-state index is 6.34. The summed E-state index contributed by atoms with van der Waals surface area (Å²) in [6.07, 6.45) is 15.1. The smallest absolute Gasteiger partial charge is 0.0883 e. The Labute approximate surface area is 105 Å². The van der Waals surface area contributed by atoms with Crippen LogP contribution in [-0.4, -0.2) is 11.2 Å². The summed E-state index contributed by atoms with van der Waals surface area (Å²) in [5, 5.41) is 0. The van der Waals surface area contributed by atoms with Crippen LogP contribution < -0.4 is 0 Å². The highest BCUT2D eigenvalue weighted by Gasteiger charge is 2.33. The van der Waals surface area contributed by atoms with Crippen molar-refractivity contribution in [1.29, 1.82) is 0 Å². The van der Waals surface area contributed by atoms with Crippen LogP contribution in [0.2, 0.25) is 0 Å². The fraction of sp³-hybridized carbons (Fsp3) is 0.500. The third-order valence-electron chi connectivity index (χ3n) is 3.52. The number of allylic oxidation sites excluding steroid dienone is 4. The minimum atomic E-state index is -0.169. The molecule has 0 saturated carbocycles. The van der Waals surface area contributed by atoms with Crippen molar-refractivity contribution >= 4 is 0 Å². The summed E-state index contributed by atoms with van der Waals surface area (Å²) < 4.78 is 6.34. The van der Waals surface area contributed by atoms with Gasteiger partial charge in [-0.25, -0.2) is 0 Å². The summed E-state index contributed by atoms with van der Waals surface area (Å²) in [4.78, 5) is 0. The molecule has 2 aliphatic rings. The third kappa shape index (κ3) is 2.98. The Morgan fingerprint density at radius 1 is 0.882 bits per heavy atom. The molecule has 2 unspecified atom stereocenters. The van der Waals surface area contributed by atoms with E-state index in [1.165, 1.54) is 11.1 Å². The zero-order valence-electron chi connectivity index (χ0n) is 11.3. The highest BCUT2D eigenvalue weighted by Crippen LogP contribution is 2.34. The van der Waals surface area contributed by atoms with Crippen LogP contribution in [0.25, 0.3) is 0 Å². The first kappa shape index (κ1) is 12.4. The van der Waals surface area contributed by atoms with E-state index in [2.05, 4.69) is 64.2 Å². The molecule has 0 spiro atoms. The molecule has 0 saturated heterocycles. The molecule has 0 heterocycles. The Morgan fingerprint density at radius 3 is 1.59 bits per heavy atom. The number of hydrogen-bond acceptors (Lipinski definition) is 1. The lowest BCUT2D eigenvalue weighted by Gasteiger charge is -2.38. The largest absolute Gasteiger partial charge is 0.360 e. The Kier molecular flexibility index (Phi) is 3.13. The molecule has 2 rings (SSSR count). The Hall–Kier alpha value is -1.08. The second-order valence-electron chi connectivity index (χ2n) is 5.70. The van der Waals surface area contributed by atoms with Crippen molar-refractivity contribution < 1.29 is 4.74 Å². The molecule has 0 radical (unpaired) electrons. The number of hydrogen-bond donors (Lipinski definition) is 0. The van der Waals surface area contributed by atoms with Crippen LogP contribution >= 0.6 is 0 Å². The molecule has 17 heavy (non-hydrogen) atoms. The van der Waals surface area contributed by atoms with Gasteiger partial charge in [0.15, 0.2) is 0 Å². The van der Waals surface area contributed by atoms with Gasteiger partial charge in [0.1, 0.15) is 0 Å². The van der Waals surface area contributed by atoms with Crippen LogP contribution in [0.3, 0.4) is 0 Å². The zero-order chi connectivity index (χ0) is 12.5. The fourth-order valence-corrected chi connectivity index (χ4v) is 2.30. The van der Waals surface area contributed by atoms with Crippen LogP contribution in [0.15, 0.2) is 47.6 Å². The topological polar surface area (TPSA) is 9.23 Å². The first-order valence-corrected chi connectivity index (χ1v) is 6.33. The molecule has 0 aromatic heterocycles. The monoisotopic (exact) mass is 230 g/mol. The second-order valence-corrected chi connectivity index (χ2v) is 5.70. The average molecular weight is 230 g/mol. The van der Waals surface area contributed by atoms with E-state index >= 15 is 0 Å². The summed E-state index contributed by atoms with van der Waals surface area (Å²) in [5.41, 5.74) is 2.31. The Bertz CT molecular complexity index is 385. The first-order chi connectivity index (χ1) is 7.91. The normalized spacial score (nSPS) is 36.7. The van der Waals surface area contributed by atoms with Gasteiger partial charge in [-0.2, -0.15) is 0 Å². The molecule has 0 fully saturated rings. The van der Waals surface area contributed by atoms with Gasteiger partial charge in [-0.05, 0) is 40.5 Å². The highest BCUT2D eigenvalue weighted by atomic mass is 16.5. The van der Waals surface area contributed by atoms with Gasteiger partial charge in [0, 0.05) is 0 Å². The zero-order valence-corrected chi connectivity index (χ0v) is 11.3. The van der Waals surface area contributed by atoms with Gasteiger partial charge in [-0.1, -0.05) is 47.6 Å². The van der Waals surface area contributed by atoms with Crippen molar-refractivity contribution in [3.05, 3.63) is 47.6 Å². The third-order valence-corrected chi connectivity index (χ3v) is 3.52. The van der Waals surface area contributed by atoms with Crippen LogP contribution in [-0.2, 0) is 4.74 Å². The van der Waals surface area contributed by atoms with Crippen LogP contribution in [0, 0.1) is 0 Å². The van der Waals surface area contributed by atoms with E-state index in [0.717, 1.165) is 12.8 Å². The molecular weight excluding hydrogens is 208 g/mol. The molecule has 0 N–H and O–H groups in total. The van der Waals surface area contributed by atoms with Crippen molar-refractivity contribution in [2.24, 2.45) is 0 Å². The summed E-state index contributed by atoms with van der Waals surface area (Å²) in [6, 6.07) is 0. The summed E-state index contributed by atoms with van der Waals surface area (Å²) in [6.45, 7) is 8.59. The van der Waals surface area contributed by atoms with Gasteiger partial charge >= 0.3 is 0 Å². The van der Waals surface area contributed by atoms with Crippen LogP contribution in [0.5, 0.6) is 0 Å². The highest BCUT2D eigenvalue weighted by molar-refractivity contribution is 5.28. The average Bonchev–Trinajstić information content (AvgIpc) is 2.28. The fourth-order valence-electron chi connectivity index (χ4n) is 2.30.